The molecule has 3 aromatic rings. The number of halogens is 3. The lowest BCUT2D eigenvalue weighted by atomic mass is 10.1. The largest absolute Gasteiger partial charge is 0.474 e. The van der Waals surface area contributed by atoms with Gasteiger partial charge in [-0.3, -0.25) is 4.57 Å². The fourth-order valence-corrected chi connectivity index (χ4v) is 2.86. The third kappa shape index (κ3) is 3.98. The average Bonchev–Trinajstić information content (AvgIpc) is 3.25. The minimum absolute atomic E-state index is 0.157. The molecule has 0 radical (unpaired) electrons. The van der Waals surface area contributed by atoms with Crippen LogP contribution in [-0.4, -0.2) is 32.2 Å². The Labute approximate surface area is 161 Å². The first-order valence-electron chi connectivity index (χ1n) is 8.44. The molecule has 0 amide bonds. The number of pyridine rings is 1. The molecule has 0 saturated heterocycles. The summed E-state index contributed by atoms with van der Waals surface area (Å²) in [6, 6.07) is 8.26. The molecule has 1 aromatic carbocycles. The first-order valence-corrected chi connectivity index (χ1v) is 8.44. The summed E-state index contributed by atoms with van der Waals surface area (Å²) in [5, 5.41) is 10.7. The van der Waals surface area contributed by atoms with Crippen LogP contribution in [0.5, 0.6) is 11.9 Å². The van der Waals surface area contributed by atoms with Gasteiger partial charge in [0.2, 0.25) is 5.88 Å². The molecule has 1 atom stereocenters. The second-order valence-corrected chi connectivity index (χ2v) is 6.30. The maximum Gasteiger partial charge on any atom is 0.416 e. The molecule has 0 N–H and O–H groups in total. The van der Waals surface area contributed by atoms with Crippen LogP contribution < -0.4 is 9.47 Å². The number of rotatable bonds is 5. The number of hydrogen-bond acceptors (Lipinski definition) is 6. The standard InChI is InChI=1S/C18H13F3N4O4/c19-18(20,21)13-4-1-11(2-5-13)12-3-6-16(22-7-12)28-10-14-8-24-9-15(25(26)27)23-17(24)29-14/h1-7,9,14H,8,10H2. The third-order valence-electron chi connectivity index (χ3n) is 4.29. The number of alkyl halides is 3. The van der Waals surface area contributed by atoms with E-state index in [1.807, 2.05) is 0 Å². The zero-order valence-corrected chi connectivity index (χ0v) is 14.7. The Hall–Kier alpha value is -3.63. The molecule has 4 rings (SSSR count). The van der Waals surface area contributed by atoms with Gasteiger partial charge < -0.3 is 19.6 Å². The summed E-state index contributed by atoms with van der Waals surface area (Å²) in [6.45, 7) is 0.517. The summed E-state index contributed by atoms with van der Waals surface area (Å²) in [5.74, 6) is 0.0414. The van der Waals surface area contributed by atoms with Gasteiger partial charge in [-0.25, -0.2) is 4.98 Å². The highest BCUT2D eigenvalue weighted by molar-refractivity contribution is 5.63. The van der Waals surface area contributed by atoms with Gasteiger partial charge in [0.15, 0.2) is 6.10 Å². The van der Waals surface area contributed by atoms with E-state index in [0.29, 0.717) is 23.6 Å². The van der Waals surface area contributed by atoms with Gasteiger partial charge in [0.25, 0.3) is 0 Å². The van der Waals surface area contributed by atoms with Gasteiger partial charge in [-0.15, -0.1) is 0 Å². The molecule has 8 nitrogen and oxygen atoms in total. The van der Waals surface area contributed by atoms with Crippen molar-refractivity contribution >= 4 is 5.82 Å². The highest BCUT2D eigenvalue weighted by Gasteiger charge is 2.32. The van der Waals surface area contributed by atoms with Gasteiger partial charge >= 0.3 is 18.0 Å². The Morgan fingerprint density at radius 3 is 2.52 bits per heavy atom. The third-order valence-corrected chi connectivity index (χ3v) is 4.29. The molecule has 2 aromatic heterocycles. The van der Waals surface area contributed by atoms with Gasteiger partial charge in [-0.2, -0.15) is 13.2 Å². The lowest BCUT2D eigenvalue weighted by Crippen LogP contribution is -2.23. The van der Waals surface area contributed by atoms with Crippen molar-refractivity contribution in [1.29, 1.82) is 0 Å². The van der Waals surface area contributed by atoms with E-state index in [-0.39, 0.29) is 24.5 Å². The van der Waals surface area contributed by atoms with Crippen molar-refractivity contribution in [2.24, 2.45) is 0 Å². The van der Waals surface area contributed by atoms with Crippen LogP contribution in [0.4, 0.5) is 19.0 Å². The van der Waals surface area contributed by atoms with E-state index >= 15 is 0 Å². The SMILES string of the molecule is O=[N+]([O-])c1cn2c(n1)OC(COc1ccc(-c3ccc(C(F)(F)F)cc3)cn1)C2. The zero-order chi connectivity index (χ0) is 20.6. The number of aromatic nitrogens is 3. The molecular weight excluding hydrogens is 393 g/mol. The molecule has 0 spiro atoms. The van der Waals surface area contributed by atoms with E-state index in [2.05, 4.69) is 9.97 Å². The lowest BCUT2D eigenvalue weighted by Gasteiger charge is -2.11. The van der Waals surface area contributed by atoms with Crippen molar-refractivity contribution in [1.82, 2.24) is 14.5 Å². The number of nitrogens with zero attached hydrogens (tertiary/aromatic N) is 4. The fourth-order valence-electron chi connectivity index (χ4n) is 2.86. The van der Waals surface area contributed by atoms with E-state index in [9.17, 15) is 23.3 Å². The molecule has 3 heterocycles. The van der Waals surface area contributed by atoms with E-state index in [4.69, 9.17) is 9.47 Å². The van der Waals surface area contributed by atoms with Gasteiger partial charge in [0, 0.05) is 22.8 Å². The molecule has 1 unspecified atom stereocenters. The summed E-state index contributed by atoms with van der Waals surface area (Å²) in [7, 11) is 0. The van der Waals surface area contributed by atoms with Crippen LogP contribution in [0.1, 0.15) is 5.56 Å². The van der Waals surface area contributed by atoms with Crippen LogP contribution >= 0.6 is 0 Å². The topological polar surface area (TPSA) is 92.3 Å². The van der Waals surface area contributed by atoms with Crippen LogP contribution in [0.3, 0.4) is 0 Å². The number of hydrogen-bond donors (Lipinski definition) is 0. The van der Waals surface area contributed by atoms with Crippen molar-refractivity contribution < 1.29 is 27.6 Å². The predicted octanol–water partition coefficient (Wildman–Crippen LogP) is 3.71. The molecule has 0 saturated carbocycles. The minimum atomic E-state index is -4.38. The first kappa shape index (κ1) is 18.7. The number of ether oxygens (including phenoxy) is 2. The normalized spacial score (nSPS) is 15.6. The predicted molar refractivity (Wildman–Crippen MR) is 93.5 cm³/mol. The number of fused-ring (bicyclic) bond motifs is 1. The van der Waals surface area contributed by atoms with Crippen LogP contribution in [0.25, 0.3) is 11.1 Å². The molecule has 0 fully saturated rings. The number of imidazole rings is 1. The number of benzene rings is 1. The van der Waals surface area contributed by atoms with E-state index in [0.717, 1.165) is 12.1 Å². The molecule has 150 valence electrons. The molecule has 29 heavy (non-hydrogen) atoms. The maximum absolute atomic E-state index is 12.6. The lowest BCUT2D eigenvalue weighted by molar-refractivity contribution is -0.389. The smallest absolute Gasteiger partial charge is 0.416 e. The Bertz CT molecular complexity index is 1010. The molecular formula is C18H13F3N4O4. The summed E-state index contributed by atoms with van der Waals surface area (Å²) >= 11 is 0. The van der Waals surface area contributed by atoms with Gasteiger partial charge in [0.1, 0.15) is 12.8 Å². The van der Waals surface area contributed by atoms with Gasteiger partial charge in [0.05, 0.1) is 12.1 Å². The summed E-state index contributed by atoms with van der Waals surface area (Å²) < 4.78 is 50.5. The minimum Gasteiger partial charge on any atom is -0.474 e. The monoisotopic (exact) mass is 406 g/mol. The Kier molecular flexibility index (Phi) is 4.57. The highest BCUT2D eigenvalue weighted by atomic mass is 19.4. The maximum atomic E-state index is 12.6. The van der Waals surface area contributed by atoms with Crippen molar-refractivity contribution in [3.8, 4) is 23.0 Å². The van der Waals surface area contributed by atoms with E-state index < -0.39 is 16.7 Å². The van der Waals surface area contributed by atoms with E-state index in [1.54, 1.807) is 12.1 Å². The van der Waals surface area contributed by atoms with Crippen LogP contribution in [-0.2, 0) is 12.7 Å². The second kappa shape index (κ2) is 7.08. The molecule has 0 aliphatic carbocycles. The van der Waals surface area contributed by atoms with Crippen molar-refractivity contribution in [3.05, 3.63) is 64.5 Å². The van der Waals surface area contributed by atoms with E-state index in [1.165, 1.54) is 29.1 Å². The average molecular weight is 406 g/mol. The fraction of sp³-hybridized carbons (Fsp3) is 0.222. The van der Waals surface area contributed by atoms with Gasteiger partial charge in [-0.05, 0) is 28.7 Å². The zero-order valence-electron chi connectivity index (χ0n) is 14.7. The molecule has 1 aliphatic rings. The highest BCUT2D eigenvalue weighted by Crippen LogP contribution is 2.31. The first-order chi connectivity index (χ1) is 13.8. The summed E-state index contributed by atoms with van der Waals surface area (Å²) in [6.07, 6.45) is -1.94. The Balaban J connectivity index is 1.34. The quantitative estimate of drug-likeness (QED) is 0.474. The summed E-state index contributed by atoms with van der Waals surface area (Å²) in [5.41, 5.74) is 0.537. The number of nitro groups is 1. The van der Waals surface area contributed by atoms with Crippen molar-refractivity contribution in [2.75, 3.05) is 6.61 Å². The van der Waals surface area contributed by atoms with Crippen LogP contribution in [0.2, 0.25) is 0 Å². The molecule has 0 bridgehead atoms. The Morgan fingerprint density at radius 1 is 1.21 bits per heavy atom. The molecule has 11 heteroatoms. The second-order valence-electron chi connectivity index (χ2n) is 6.30. The van der Waals surface area contributed by atoms with Crippen LogP contribution in [0, 0.1) is 10.1 Å². The summed E-state index contributed by atoms with van der Waals surface area (Å²) in [4.78, 5) is 18.0. The van der Waals surface area contributed by atoms with Crippen LogP contribution in [0.15, 0.2) is 48.8 Å². The van der Waals surface area contributed by atoms with Gasteiger partial charge in [-0.1, -0.05) is 12.1 Å². The van der Waals surface area contributed by atoms with Crippen molar-refractivity contribution in [3.63, 3.8) is 0 Å². The molecule has 1 aliphatic heterocycles. The Morgan fingerprint density at radius 2 is 1.93 bits per heavy atom. The van der Waals surface area contributed by atoms with Crippen molar-refractivity contribution in [2.45, 2.75) is 18.8 Å².